The third-order valence-corrected chi connectivity index (χ3v) is 5.43. The number of rotatable bonds is 9. The number of para-hydroxylation sites is 1. The van der Waals surface area contributed by atoms with Crippen LogP contribution in [0.3, 0.4) is 0 Å². The monoisotopic (exact) mass is 515 g/mol. The Morgan fingerprint density at radius 1 is 0.947 bits per heavy atom. The van der Waals surface area contributed by atoms with E-state index in [9.17, 15) is 19.2 Å². The summed E-state index contributed by atoms with van der Waals surface area (Å²) in [5.74, 6) is -0.640. The molecule has 0 aliphatic carbocycles. The number of ether oxygens (including phenoxy) is 3. The standard InChI is InChI=1S/C28H25N3O7/c1-3-37-24-16-18(9-14-23(24)38-17-25(32)29-19-10-12-21(36-2)13-11-19)15-22-26(33)30-28(35)31(27(22)34)20-7-5-4-6-8-20/h4-16H,3,17H2,1-2H3,(H,29,32)(H,30,33,35)/b22-15-. The van der Waals surface area contributed by atoms with Crippen molar-refractivity contribution in [1.29, 1.82) is 0 Å². The Morgan fingerprint density at radius 2 is 1.68 bits per heavy atom. The minimum Gasteiger partial charge on any atom is -0.497 e. The molecule has 2 N–H and O–H groups in total. The number of urea groups is 1. The molecule has 3 aromatic rings. The number of barbiturate groups is 1. The molecule has 4 rings (SSSR count). The maximum Gasteiger partial charge on any atom is 0.335 e. The fourth-order valence-electron chi connectivity index (χ4n) is 3.65. The van der Waals surface area contributed by atoms with Crippen LogP contribution in [0.2, 0.25) is 0 Å². The zero-order chi connectivity index (χ0) is 27.1. The average Bonchev–Trinajstić information content (AvgIpc) is 2.91. The first-order chi connectivity index (χ1) is 18.4. The third-order valence-electron chi connectivity index (χ3n) is 5.43. The molecule has 0 bridgehead atoms. The van der Waals surface area contributed by atoms with Crippen LogP contribution in [0.25, 0.3) is 6.08 Å². The summed E-state index contributed by atoms with van der Waals surface area (Å²) in [5.41, 5.74) is 1.16. The zero-order valence-electron chi connectivity index (χ0n) is 20.7. The smallest absolute Gasteiger partial charge is 0.335 e. The van der Waals surface area contributed by atoms with Crippen LogP contribution in [0.1, 0.15) is 12.5 Å². The fraction of sp³-hybridized carbons (Fsp3) is 0.143. The molecule has 0 atom stereocenters. The number of methoxy groups -OCH3 is 1. The van der Waals surface area contributed by atoms with Crippen LogP contribution in [0.4, 0.5) is 16.2 Å². The molecule has 194 valence electrons. The summed E-state index contributed by atoms with van der Waals surface area (Å²) in [6.45, 7) is 1.82. The van der Waals surface area contributed by atoms with Gasteiger partial charge >= 0.3 is 6.03 Å². The van der Waals surface area contributed by atoms with Crippen LogP contribution >= 0.6 is 0 Å². The van der Waals surface area contributed by atoms with E-state index in [1.54, 1.807) is 86.8 Å². The van der Waals surface area contributed by atoms with Crippen molar-refractivity contribution in [3.63, 3.8) is 0 Å². The van der Waals surface area contributed by atoms with Crippen LogP contribution < -0.4 is 29.7 Å². The van der Waals surface area contributed by atoms with Crippen LogP contribution in [-0.4, -0.2) is 44.1 Å². The molecule has 1 aliphatic rings. The highest BCUT2D eigenvalue weighted by atomic mass is 16.5. The van der Waals surface area contributed by atoms with E-state index in [0.717, 1.165) is 4.90 Å². The molecule has 1 heterocycles. The molecule has 0 saturated carbocycles. The lowest BCUT2D eigenvalue weighted by Gasteiger charge is -2.26. The topological polar surface area (TPSA) is 123 Å². The third kappa shape index (κ3) is 5.98. The first-order valence-corrected chi connectivity index (χ1v) is 11.7. The van der Waals surface area contributed by atoms with Gasteiger partial charge in [-0.25, -0.2) is 9.69 Å². The lowest BCUT2D eigenvalue weighted by molar-refractivity contribution is -0.122. The molecule has 3 aromatic carbocycles. The summed E-state index contributed by atoms with van der Waals surface area (Å²) in [7, 11) is 1.56. The van der Waals surface area contributed by atoms with Crippen LogP contribution in [0.15, 0.2) is 78.4 Å². The van der Waals surface area contributed by atoms with Gasteiger partial charge in [-0.2, -0.15) is 0 Å². The SMILES string of the molecule is CCOc1cc(/C=C2/C(=O)NC(=O)N(c3ccccc3)C2=O)ccc1OCC(=O)Nc1ccc(OC)cc1. The Morgan fingerprint density at radius 3 is 2.37 bits per heavy atom. The van der Waals surface area contributed by atoms with Crippen molar-refractivity contribution < 1.29 is 33.4 Å². The van der Waals surface area contributed by atoms with Crippen LogP contribution in [0, 0.1) is 0 Å². The summed E-state index contributed by atoms with van der Waals surface area (Å²) in [4.78, 5) is 51.1. The molecule has 1 saturated heterocycles. The van der Waals surface area contributed by atoms with E-state index in [1.807, 2.05) is 0 Å². The van der Waals surface area contributed by atoms with Crippen molar-refractivity contribution >= 4 is 41.2 Å². The Hall–Kier alpha value is -5.12. The first kappa shape index (κ1) is 26.0. The highest BCUT2D eigenvalue weighted by molar-refractivity contribution is 6.39. The molecule has 38 heavy (non-hydrogen) atoms. The van der Waals surface area contributed by atoms with E-state index >= 15 is 0 Å². The molecule has 1 aliphatic heterocycles. The molecule has 0 spiro atoms. The Balaban J connectivity index is 1.50. The highest BCUT2D eigenvalue weighted by Gasteiger charge is 2.36. The number of amides is 5. The number of carbonyl (C=O) groups is 4. The van der Waals surface area contributed by atoms with Gasteiger partial charge in [-0.1, -0.05) is 24.3 Å². The van der Waals surface area contributed by atoms with Crippen molar-refractivity contribution in [3.8, 4) is 17.2 Å². The second kappa shape index (κ2) is 11.7. The predicted octanol–water partition coefficient (Wildman–Crippen LogP) is 3.78. The van der Waals surface area contributed by atoms with Gasteiger partial charge in [0, 0.05) is 5.69 Å². The number of imide groups is 2. The predicted molar refractivity (Wildman–Crippen MR) is 140 cm³/mol. The Bertz CT molecular complexity index is 1390. The largest absolute Gasteiger partial charge is 0.497 e. The number of nitrogens with zero attached hydrogens (tertiary/aromatic N) is 1. The summed E-state index contributed by atoms with van der Waals surface area (Å²) in [6.07, 6.45) is 1.36. The lowest BCUT2D eigenvalue weighted by Crippen LogP contribution is -2.54. The van der Waals surface area contributed by atoms with Crippen molar-refractivity contribution in [2.75, 3.05) is 30.5 Å². The van der Waals surface area contributed by atoms with Gasteiger partial charge in [0.25, 0.3) is 17.7 Å². The normalized spacial score (nSPS) is 14.2. The number of nitrogens with one attached hydrogen (secondary N) is 2. The Kier molecular flexibility index (Phi) is 8.02. The summed E-state index contributed by atoms with van der Waals surface area (Å²) < 4.78 is 16.4. The Labute approximate surface area is 218 Å². The van der Waals surface area contributed by atoms with Crippen molar-refractivity contribution in [3.05, 3.63) is 83.9 Å². The van der Waals surface area contributed by atoms with Gasteiger partial charge in [0.1, 0.15) is 11.3 Å². The first-order valence-electron chi connectivity index (χ1n) is 11.7. The molecule has 0 unspecified atom stereocenters. The van der Waals surface area contributed by atoms with E-state index in [1.165, 1.54) is 6.08 Å². The summed E-state index contributed by atoms with van der Waals surface area (Å²) in [5, 5.41) is 4.92. The maximum absolute atomic E-state index is 13.1. The van der Waals surface area contributed by atoms with Crippen molar-refractivity contribution in [2.45, 2.75) is 6.92 Å². The second-order valence-corrected chi connectivity index (χ2v) is 8.00. The van der Waals surface area contributed by atoms with E-state index < -0.39 is 17.8 Å². The van der Waals surface area contributed by atoms with Gasteiger partial charge in [-0.3, -0.25) is 19.7 Å². The lowest BCUT2D eigenvalue weighted by atomic mass is 10.1. The molecule has 0 radical (unpaired) electrons. The quantitative estimate of drug-likeness (QED) is 0.328. The van der Waals surface area contributed by atoms with Gasteiger partial charge in [-0.05, 0) is 67.1 Å². The molecule has 10 nitrogen and oxygen atoms in total. The molecular formula is C28H25N3O7. The molecule has 10 heteroatoms. The van der Waals surface area contributed by atoms with E-state index in [-0.39, 0.29) is 18.1 Å². The maximum atomic E-state index is 13.1. The van der Waals surface area contributed by atoms with E-state index in [2.05, 4.69) is 10.6 Å². The van der Waals surface area contributed by atoms with Crippen LogP contribution in [-0.2, 0) is 14.4 Å². The fourth-order valence-corrected chi connectivity index (χ4v) is 3.65. The zero-order valence-corrected chi connectivity index (χ0v) is 20.7. The number of benzene rings is 3. The van der Waals surface area contributed by atoms with Crippen molar-refractivity contribution in [2.24, 2.45) is 0 Å². The summed E-state index contributed by atoms with van der Waals surface area (Å²) >= 11 is 0. The molecule has 0 aromatic heterocycles. The van der Waals surface area contributed by atoms with Crippen LogP contribution in [0.5, 0.6) is 17.2 Å². The van der Waals surface area contributed by atoms with Gasteiger partial charge in [0.2, 0.25) is 0 Å². The number of carbonyl (C=O) groups excluding carboxylic acids is 4. The molecule has 5 amide bonds. The minimum atomic E-state index is -0.824. The van der Waals surface area contributed by atoms with Crippen molar-refractivity contribution in [1.82, 2.24) is 5.32 Å². The van der Waals surface area contributed by atoms with E-state index in [4.69, 9.17) is 14.2 Å². The highest BCUT2D eigenvalue weighted by Crippen LogP contribution is 2.30. The van der Waals surface area contributed by atoms with Gasteiger partial charge in [0.05, 0.1) is 19.4 Å². The van der Waals surface area contributed by atoms with E-state index in [0.29, 0.717) is 40.8 Å². The number of anilines is 2. The average molecular weight is 516 g/mol. The molecular weight excluding hydrogens is 490 g/mol. The molecule has 1 fully saturated rings. The second-order valence-electron chi connectivity index (χ2n) is 8.00. The van der Waals surface area contributed by atoms with Gasteiger partial charge in [0.15, 0.2) is 18.1 Å². The number of hydrogen-bond donors (Lipinski definition) is 2. The van der Waals surface area contributed by atoms with Gasteiger partial charge < -0.3 is 19.5 Å². The van der Waals surface area contributed by atoms with Gasteiger partial charge in [-0.15, -0.1) is 0 Å². The number of hydrogen-bond acceptors (Lipinski definition) is 7. The summed E-state index contributed by atoms with van der Waals surface area (Å²) in [6, 6.07) is 19.1. The minimum absolute atomic E-state index is 0.219.